The minimum absolute atomic E-state index is 0.212. The molecule has 4 amide bonds. The van der Waals surface area contributed by atoms with Gasteiger partial charge in [0.15, 0.2) is 0 Å². The molecule has 31 heavy (non-hydrogen) atoms. The van der Waals surface area contributed by atoms with Crippen LogP contribution in [0.5, 0.6) is 0 Å². The van der Waals surface area contributed by atoms with Gasteiger partial charge in [0.05, 0.1) is 5.69 Å². The number of aromatic nitrogens is 1. The minimum Gasteiger partial charge on any atom is -0.480 e. The third kappa shape index (κ3) is 3.59. The third-order valence-electron chi connectivity index (χ3n) is 5.28. The van der Waals surface area contributed by atoms with E-state index in [4.69, 9.17) is 0 Å². The monoisotopic (exact) mass is 417 g/mol. The summed E-state index contributed by atoms with van der Waals surface area (Å²) < 4.78 is 1.53. The number of carbonyl (C=O) groups is 4. The summed E-state index contributed by atoms with van der Waals surface area (Å²) in [6, 6.07) is 11.4. The van der Waals surface area contributed by atoms with Crippen LogP contribution < -0.4 is 10.2 Å². The van der Waals surface area contributed by atoms with Crippen LogP contribution in [0.2, 0.25) is 0 Å². The molecule has 0 spiro atoms. The van der Waals surface area contributed by atoms with Gasteiger partial charge < -0.3 is 9.67 Å². The van der Waals surface area contributed by atoms with Gasteiger partial charge in [-0.05, 0) is 49.2 Å². The fraction of sp³-hybridized carbons (Fsp3) is 0.130. The van der Waals surface area contributed by atoms with Crippen molar-refractivity contribution in [1.29, 1.82) is 0 Å². The second-order valence-electron chi connectivity index (χ2n) is 7.35. The highest BCUT2D eigenvalue weighted by atomic mass is 16.4. The number of rotatable bonds is 4. The summed E-state index contributed by atoms with van der Waals surface area (Å²) in [7, 11) is 0. The molecule has 0 unspecified atom stereocenters. The average molecular weight is 417 g/mol. The molecule has 0 saturated carbocycles. The van der Waals surface area contributed by atoms with Gasteiger partial charge in [0.1, 0.15) is 12.1 Å². The number of fused-ring (bicyclic) bond motifs is 1. The minimum atomic E-state index is -1.02. The van der Waals surface area contributed by atoms with Crippen LogP contribution in [0.25, 0.3) is 17.0 Å². The molecule has 0 atom stereocenters. The maximum absolute atomic E-state index is 13.1. The first-order valence-corrected chi connectivity index (χ1v) is 9.54. The van der Waals surface area contributed by atoms with Gasteiger partial charge in [-0.25, -0.2) is 9.69 Å². The van der Waals surface area contributed by atoms with Gasteiger partial charge in [0.25, 0.3) is 11.8 Å². The van der Waals surface area contributed by atoms with Crippen molar-refractivity contribution in [3.05, 3.63) is 70.9 Å². The Hall–Kier alpha value is -4.20. The number of benzene rings is 2. The van der Waals surface area contributed by atoms with Crippen LogP contribution in [0.4, 0.5) is 10.5 Å². The zero-order valence-corrected chi connectivity index (χ0v) is 16.9. The molecule has 3 aromatic rings. The summed E-state index contributed by atoms with van der Waals surface area (Å²) in [5.74, 6) is -2.56. The molecule has 0 aliphatic carbocycles. The lowest BCUT2D eigenvalue weighted by molar-refractivity contribution is -0.137. The Kier molecular flexibility index (Phi) is 4.90. The van der Waals surface area contributed by atoms with Crippen LogP contribution >= 0.6 is 0 Å². The van der Waals surface area contributed by atoms with E-state index in [1.54, 1.807) is 48.7 Å². The Morgan fingerprint density at radius 3 is 2.52 bits per heavy atom. The van der Waals surface area contributed by atoms with E-state index < -0.39 is 23.8 Å². The van der Waals surface area contributed by atoms with Gasteiger partial charge in [0.2, 0.25) is 0 Å². The second kappa shape index (κ2) is 7.56. The maximum Gasteiger partial charge on any atom is 0.335 e. The van der Waals surface area contributed by atoms with E-state index in [0.29, 0.717) is 22.2 Å². The highest BCUT2D eigenvalue weighted by Gasteiger charge is 2.37. The number of aliphatic carboxylic acids is 1. The van der Waals surface area contributed by atoms with Crippen molar-refractivity contribution in [3.8, 4) is 0 Å². The van der Waals surface area contributed by atoms with Crippen LogP contribution in [-0.4, -0.2) is 33.5 Å². The smallest absolute Gasteiger partial charge is 0.335 e. The van der Waals surface area contributed by atoms with E-state index in [0.717, 1.165) is 16.0 Å². The molecule has 1 aromatic heterocycles. The Balaban J connectivity index is 1.81. The van der Waals surface area contributed by atoms with Gasteiger partial charge in [-0.15, -0.1) is 0 Å². The SMILES string of the molecule is Cc1ccc(N2C(=O)NC(=O)C(=Cc3cn(CC(=O)O)c4ccccc34)C2=O)cc1C. The average Bonchev–Trinajstić information content (AvgIpc) is 3.04. The Morgan fingerprint density at radius 1 is 1.06 bits per heavy atom. The first-order chi connectivity index (χ1) is 14.8. The summed E-state index contributed by atoms with van der Waals surface area (Å²) in [6.45, 7) is 3.51. The van der Waals surface area contributed by atoms with Crippen LogP contribution in [0.3, 0.4) is 0 Å². The van der Waals surface area contributed by atoms with E-state index in [1.165, 1.54) is 10.6 Å². The number of hydrogen-bond acceptors (Lipinski definition) is 4. The summed E-state index contributed by atoms with van der Waals surface area (Å²) in [4.78, 5) is 50.2. The molecule has 0 bridgehead atoms. The largest absolute Gasteiger partial charge is 0.480 e. The van der Waals surface area contributed by atoms with Crippen molar-refractivity contribution in [1.82, 2.24) is 9.88 Å². The van der Waals surface area contributed by atoms with E-state index in [2.05, 4.69) is 5.32 Å². The number of aryl methyl sites for hydroxylation is 2. The normalized spacial score (nSPS) is 15.6. The number of para-hydroxylation sites is 1. The molecule has 0 radical (unpaired) electrons. The number of hydrogen-bond donors (Lipinski definition) is 2. The number of imide groups is 2. The molecular weight excluding hydrogens is 398 g/mol. The van der Waals surface area contributed by atoms with E-state index in [1.807, 2.05) is 13.8 Å². The molecule has 2 N–H and O–H groups in total. The van der Waals surface area contributed by atoms with Crippen LogP contribution in [0.15, 0.2) is 54.2 Å². The fourth-order valence-corrected chi connectivity index (χ4v) is 3.58. The van der Waals surface area contributed by atoms with Crippen LogP contribution in [0.1, 0.15) is 16.7 Å². The van der Waals surface area contributed by atoms with Crippen molar-refractivity contribution in [2.45, 2.75) is 20.4 Å². The standard InChI is InChI=1S/C23H19N3O5/c1-13-7-8-16(9-14(13)2)26-22(30)18(21(29)24-23(26)31)10-15-11-25(12-20(27)28)19-6-4-3-5-17(15)19/h3-11H,12H2,1-2H3,(H,27,28)(H,24,29,31). The van der Waals surface area contributed by atoms with Crippen molar-refractivity contribution >= 4 is 46.5 Å². The molecule has 4 rings (SSSR count). The molecule has 8 heteroatoms. The first kappa shape index (κ1) is 20.1. The quantitative estimate of drug-likeness (QED) is 0.501. The van der Waals surface area contributed by atoms with Crippen molar-refractivity contribution in [3.63, 3.8) is 0 Å². The number of carbonyl (C=O) groups excluding carboxylic acids is 3. The number of nitrogens with one attached hydrogen (secondary N) is 1. The molecule has 1 aliphatic heterocycles. The zero-order valence-electron chi connectivity index (χ0n) is 16.9. The van der Waals surface area contributed by atoms with E-state index in [-0.39, 0.29) is 12.1 Å². The van der Waals surface area contributed by atoms with Gasteiger partial charge in [0, 0.05) is 22.7 Å². The molecule has 156 valence electrons. The van der Waals surface area contributed by atoms with Gasteiger partial charge >= 0.3 is 12.0 Å². The lowest BCUT2D eigenvalue weighted by Gasteiger charge is -2.26. The number of anilines is 1. The predicted octanol–water partition coefficient (Wildman–Crippen LogP) is 3.01. The van der Waals surface area contributed by atoms with Gasteiger partial charge in [-0.3, -0.25) is 19.7 Å². The molecular formula is C23H19N3O5. The lowest BCUT2D eigenvalue weighted by Crippen LogP contribution is -2.54. The number of nitrogens with zero attached hydrogens (tertiary/aromatic N) is 2. The Labute approximate surface area is 177 Å². The third-order valence-corrected chi connectivity index (χ3v) is 5.28. The summed E-state index contributed by atoms with van der Waals surface area (Å²) >= 11 is 0. The van der Waals surface area contributed by atoms with E-state index >= 15 is 0 Å². The highest BCUT2D eigenvalue weighted by molar-refractivity contribution is 6.39. The Morgan fingerprint density at radius 2 is 1.81 bits per heavy atom. The molecule has 1 aliphatic rings. The van der Waals surface area contributed by atoms with Gasteiger partial charge in [-0.2, -0.15) is 0 Å². The summed E-state index contributed by atoms with van der Waals surface area (Å²) in [5, 5.41) is 12.1. The summed E-state index contributed by atoms with van der Waals surface area (Å²) in [6.07, 6.45) is 2.96. The maximum atomic E-state index is 13.1. The topological polar surface area (TPSA) is 109 Å². The molecule has 2 heterocycles. The Bertz CT molecular complexity index is 1300. The number of amides is 4. The molecule has 8 nitrogen and oxygen atoms in total. The van der Waals surface area contributed by atoms with Gasteiger partial charge in [-0.1, -0.05) is 24.3 Å². The predicted molar refractivity (Wildman–Crippen MR) is 114 cm³/mol. The van der Waals surface area contributed by atoms with Crippen LogP contribution in [0, 0.1) is 13.8 Å². The first-order valence-electron chi connectivity index (χ1n) is 9.54. The van der Waals surface area contributed by atoms with Crippen molar-refractivity contribution < 1.29 is 24.3 Å². The van der Waals surface area contributed by atoms with Crippen molar-refractivity contribution in [2.24, 2.45) is 0 Å². The molecule has 2 aromatic carbocycles. The highest BCUT2D eigenvalue weighted by Crippen LogP contribution is 2.27. The number of barbiturate groups is 1. The van der Waals surface area contributed by atoms with Crippen molar-refractivity contribution in [2.75, 3.05) is 4.90 Å². The molecule has 1 fully saturated rings. The lowest BCUT2D eigenvalue weighted by atomic mass is 10.0. The van der Waals surface area contributed by atoms with Crippen LogP contribution in [-0.2, 0) is 20.9 Å². The number of urea groups is 1. The van der Waals surface area contributed by atoms with E-state index in [9.17, 15) is 24.3 Å². The zero-order chi connectivity index (χ0) is 22.3. The number of carboxylic acid groups (broad SMARTS) is 1. The number of carboxylic acids is 1. The summed E-state index contributed by atoms with van der Waals surface area (Å²) in [5.41, 5.74) is 3.21. The second-order valence-corrected chi connectivity index (χ2v) is 7.35. The fourth-order valence-electron chi connectivity index (χ4n) is 3.58. The molecule has 1 saturated heterocycles.